The summed E-state index contributed by atoms with van der Waals surface area (Å²) in [4.78, 5) is 26.7. The van der Waals surface area contributed by atoms with E-state index in [0.717, 1.165) is 5.56 Å². The van der Waals surface area contributed by atoms with E-state index in [4.69, 9.17) is 5.14 Å². The molecule has 0 saturated carbocycles. The maximum Gasteiger partial charge on any atom is 0.317 e. The van der Waals surface area contributed by atoms with Gasteiger partial charge in [0.25, 0.3) is 0 Å². The summed E-state index contributed by atoms with van der Waals surface area (Å²) in [5.74, 6) is 0.0139. The van der Waals surface area contributed by atoms with Crippen LogP contribution in [0.25, 0.3) is 0 Å². The first-order chi connectivity index (χ1) is 10.8. The van der Waals surface area contributed by atoms with Gasteiger partial charge in [-0.2, -0.15) is 0 Å². The quantitative estimate of drug-likeness (QED) is 0.787. The fraction of sp³-hybridized carbons (Fsp3) is 0.429. The topological polar surface area (TPSA) is 113 Å². The van der Waals surface area contributed by atoms with E-state index in [1.54, 1.807) is 21.9 Å². The van der Waals surface area contributed by atoms with E-state index < -0.39 is 10.0 Å². The lowest BCUT2D eigenvalue weighted by atomic mass is 10.2. The highest BCUT2D eigenvalue weighted by atomic mass is 32.2. The second-order valence-corrected chi connectivity index (χ2v) is 6.90. The molecule has 8 nitrogen and oxygen atoms in total. The molecule has 0 radical (unpaired) electrons. The number of hydrogen-bond acceptors (Lipinski definition) is 4. The molecule has 1 aromatic rings. The van der Waals surface area contributed by atoms with Crippen molar-refractivity contribution in [2.75, 3.05) is 26.2 Å². The number of nitrogens with zero attached hydrogens (tertiary/aromatic N) is 2. The van der Waals surface area contributed by atoms with E-state index in [-0.39, 0.29) is 23.4 Å². The van der Waals surface area contributed by atoms with Crippen LogP contribution in [0, 0.1) is 0 Å². The molecule has 3 amide bonds. The van der Waals surface area contributed by atoms with Crippen molar-refractivity contribution in [2.45, 2.75) is 18.4 Å². The zero-order chi connectivity index (χ0) is 17.0. The minimum absolute atomic E-state index is 0.0139. The highest BCUT2D eigenvalue weighted by Gasteiger charge is 2.21. The number of amides is 3. The summed E-state index contributed by atoms with van der Waals surface area (Å²) in [6.45, 7) is 3.86. The van der Waals surface area contributed by atoms with Crippen molar-refractivity contribution in [1.29, 1.82) is 0 Å². The molecule has 1 aliphatic heterocycles. The van der Waals surface area contributed by atoms with Crippen molar-refractivity contribution in [3.8, 4) is 0 Å². The monoisotopic (exact) mass is 340 g/mol. The van der Waals surface area contributed by atoms with Crippen LogP contribution in [0.2, 0.25) is 0 Å². The molecule has 23 heavy (non-hydrogen) atoms. The minimum atomic E-state index is -3.71. The summed E-state index contributed by atoms with van der Waals surface area (Å²) in [5, 5.41) is 7.80. The highest BCUT2D eigenvalue weighted by molar-refractivity contribution is 7.89. The van der Waals surface area contributed by atoms with Crippen LogP contribution >= 0.6 is 0 Å². The van der Waals surface area contributed by atoms with Gasteiger partial charge in [0.15, 0.2) is 0 Å². The third-order valence-electron chi connectivity index (χ3n) is 3.71. The molecular weight excluding hydrogens is 320 g/mol. The summed E-state index contributed by atoms with van der Waals surface area (Å²) in [6.07, 6.45) is 0. The van der Waals surface area contributed by atoms with Crippen LogP contribution in [0.1, 0.15) is 12.5 Å². The van der Waals surface area contributed by atoms with E-state index in [9.17, 15) is 18.0 Å². The fourth-order valence-corrected chi connectivity index (χ4v) is 2.83. The molecule has 1 saturated heterocycles. The lowest BCUT2D eigenvalue weighted by Gasteiger charge is -2.34. The Labute approximate surface area is 135 Å². The van der Waals surface area contributed by atoms with E-state index in [1.165, 1.54) is 19.1 Å². The summed E-state index contributed by atoms with van der Waals surface area (Å²) in [7, 11) is -3.71. The van der Waals surface area contributed by atoms with Crippen LogP contribution in [-0.4, -0.2) is 56.3 Å². The molecule has 0 bridgehead atoms. The van der Waals surface area contributed by atoms with Gasteiger partial charge in [-0.1, -0.05) is 12.1 Å². The Kier molecular flexibility index (Phi) is 5.22. The predicted octanol–water partition coefficient (Wildman–Crippen LogP) is -0.292. The van der Waals surface area contributed by atoms with Crippen molar-refractivity contribution < 1.29 is 18.0 Å². The van der Waals surface area contributed by atoms with Gasteiger partial charge >= 0.3 is 6.03 Å². The Bertz CT molecular complexity index is 679. The number of carbonyl (C=O) groups is 2. The Morgan fingerprint density at radius 1 is 1.09 bits per heavy atom. The van der Waals surface area contributed by atoms with Gasteiger partial charge in [-0.3, -0.25) is 4.79 Å². The second-order valence-electron chi connectivity index (χ2n) is 5.34. The lowest BCUT2D eigenvalue weighted by molar-refractivity contribution is -0.130. The molecule has 1 aromatic carbocycles. The van der Waals surface area contributed by atoms with Crippen LogP contribution in [0.3, 0.4) is 0 Å². The average Bonchev–Trinajstić information content (AvgIpc) is 2.52. The fourth-order valence-electron chi connectivity index (χ4n) is 2.31. The zero-order valence-corrected chi connectivity index (χ0v) is 13.7. The summed E-state index contributed by atoms with van der Waals surface area (Å²) >= 11 is 0. The van der Waals surface area contributed by atoms with Gasteiger partial charge < -0.3 is 15.1 Å². The number of nitrogens with one attached hydrogen (secondary N) is 1. The van der Waals surface area contributed by atoms with Crippen LogP contribution in [-0.2, 0) is 21.4 Å². The SMILES string of the molecule is CC(=O)N1CCN(C(=O)NCc2ccc(S(N)(=O)=O)cc2)CC1. The molecule has 1 fully saturated rings. The average molecular weight is 340 g/mol. The molecule has 0 atom stereocenters. The van der Waals surface area contributed by atoms with Gasteiger partial charge in [0.1, 0.15) is 0 Å². The van der Waals surface area contributed by atoms with Crippen LogP contribution < -0.4 is 10.5 Å². The predicted molar refractivity (Wildman–Crippen MR) is 83.9 cm³/mol. The number of nitrogens with two attached hydrogens (primary N) is 1. The number of carbonyl (C=O) groups excluding carboxylic acids is 2. The molecule has 2 rings (SSSR count). The van der Waals surface area contributed by atoms with E-state index >= 15 is 0 Å². The van der Waals surface area contributed by atoms with Gasteiger partial charge in [-0.05, 0) is 17.7 Å². The van der Waals surface area contributed by atoms with Gasteiger partial charge in [0, 0.05) is 39.6 Å². The van der Waals surface area contributed by atoms with Crippen molar-refractivity contribution in [2.24, 2.45) is 5.14 Å². The zero-order valence-electron chi connectivity index (χ0n) is 12.9. The van der Waals surface area contributed by atoms with Crippen LogP contribution in [0.15, 0.2) is 29.2 Å². The lowest BCUT2D eigenvalue weighted by Crippen LogP contribution is -2.52. The number of primary sulfonamides is 1. The number of sulfonamides is 1. The van der Waals surface area contributed by atoms with Gasteiger partial charge in [-0.25, -0.2) is 18.4 Å². The molecule has 0 aliphatic carbocycles. The Morgan fingerprint density at radius 3 is 2.09 bits per heavy atom. The largest absolute Gasteiger partial charge is 0.339 e. The first-order valence-electron chi connectivity index (χ1n) is 7.17. The molecule has 1 heterocycles. The molecule has 3 N–H and O–H groups in total. The third kappa shape index (κ3) is 4.67. The van der Waals surface area contributed by atoms with Gasteiger partial charge in [-0.15, -0.1) is 0 Å². The standard InChI is InChI=1S/C14H20N4O4S/c1-11(19)17-6-8-18(9-7-17)14(20)16-10-12-2-4-13(5-3-12)23(15,21)22/h2-5H,6-10H2,1H3,(H,16,20)(H2,15,21,22). The summed E-state index contributed by atoms with van der Waals surface area (Å²) in [5.41, 5.74) is 0.771. The van der Waals surface area contributed by atoms with Crippen molar-refractivity contribution in [1.82, 2.24) is 15.1 Å². The molecule has 126 valence electrons. The molecular formula is C14H20N4O4S. The second kappa shape index (κ2) is 6.97. The first-order valence-corrected chi connectivity index (χ1v) is 8.72. The number of piperazine rings is 1. The third-order valence-corrected chi connectivity index (χ3v) is 4.64. The van der Waals surface area contributed by atoms with Gasteiger partial charge in [0.2, 0.25) is 15.9 Å². The molecule has 0 unspecified atom stereocenters. The summed E-state index contributed by atoms with van der Waals surface area (Å²) < 4.78 is 22.3. The van der Waals surface area contributed by atoms with Gasteiger partial charge in [0.05, 0.1) is 4.90 Å². The first kappa shape index (κ1) is 17.2. The number of rotatable bonds is 3. The minimum Gasteiger partial charge on any atom is -0.339 e. The number of benzene rings is 1. The molecule has 0 spiro atoms. The number of urea groups is 1. The van der Waals surface area contributed by atoms with E-state index in [1.807, 2.05) is 0 Å². The molecule has 0 aromatic heterocycles. The Morgan fingerprint density at radius 2 is 1.61 bits per heavy atom. The van der Waals surface area contributed by atoms with E-state index in [0.29, 0.717) is 26.2 Å². The maximum atomic E-state index is 12.1. The summed E-state index contributed by atoms with van der Waals surface area (Å²) in [6, 6.07) is 5.82. The van der Waals surface area contributed by atoms with Crippen molar-refractivity contribution in [3.63, 3.8) is 0 Å². The van der Waals surface area contributed by atoms with Crippen molar-refractivity contribution in [3.05, 3.63) is 29.8 Å². The number of hydrogen-bond donors (Lipinski definition) is 2. The highest BCUT2D eigenvalue weighted by Crippen LogP contribution is 2.09. The normalized spacial score (nSPS) is 15.4. The van der Waals surface area contributed by atoms with Crippen molar-refractivity contribution >= 4 is 22.0 Å². The Balaban J connectivity index is 1.84. The smallest absolute Gasteiger partial charge is 0.317 e. The van der Waals surface area contributed by atoms with Crippen LogP contribution in [0.5, 0.6) is 0 Å². The molecule has 9 heteroatoms. The van der Waals surface area contributed by atoms with Crippen LogP contribution in [0.4, 0.5) is 4.79 Å². The Hall–Kier alpha value is -2.13. The van der Waals surface area contributed by atoms with E-state index in [2.05, 4.69) is 5.32 Å². The maximum absolute atomic E-state index is 12.1. The molecule has 1 aliphatic rings.